The van der Waals surface area contributed by atoms with E-state index in [9.17, 15) is 20.2 Å². The molecule has 0 radical (unpaired) electrons. The second-order valence-corrected chi connectivity index (χ2v) is 21.7. The molecule has 0 N–H and O–H groups in total. The molecule has 0 aliphatic carbocycles. The first-order chi connectivity index (χ1) is 38.3. The normalized spacial score (nSPS) is 20.0. The van der Waals surface area contributed by atoms with Crippen LogP contribution in [-0.4, -0.2) is 132 Å². The molecule has 4 aromatic carbocycles. The number of piperidine rings is 4. The van der Waals surface area contributed by atoms with E-state index in [2.05, 4.69) is 66.4 Å². The number of nitriles is 2. The predicted molar refractivity (Wildman–Crippen MR) is 313 cm³/mol. The van der Waals surface area contributed by atoms with Crippen molar-refractivity contribution >= 4 is 11.4 Å². The lowest BCUT2D eigenvalue weighted by atomic mass is 9.97. The highest BCUT2D eigenvalue weighted by molar-refractivity contribution is 5.37. The molecule has 0 saturated carbocycles. The Kier molecular flexibility index (Phi) is 29.0. The molecule has 430 valence electrons. The summed E-state index contributed by atoms with van der Waals surface area (Å²) in [6.07, 6.45) is 18.7. The minimum atomic E-state index is -0.402. The SMILES string of the molecule is CC1CCCC(C)N1CCCOc1ccc(C#N)cc1.CC1CCCCN1CCCOc1ccc(C#N)cc1.CC1CCCCN1CCCOc1ccc([N+](=O)[O-])cc1.CC1CCN(CCCOc2ccc([N+](=O)[O-])cc2)CC1. The largest absolute Gasteiger partial charge is 0.494 e. The topological polar surface area (TPSA) is 184 Å². The van der Waals surface area contributed by atoms with E-state index in [-0.39, 0.29) is 11.4 Å². The van der Waals surface area contributed by atoms with E-state index >= 15 is 0 Å². The van der Waals surface area contributed by atoms with Crippen molar-refractivity contribution in [1.82, 2.24) is 19.6 Å². The van der Waals surface area contributed by atoms with E-state index < -0.39 is 9.85 Å². The van der Waals surface area contributed by atoms with Crippen molar-refractivity contribution in [3.63, 3.8) is 0 Å². The van der Waals surface area contributed by atoms with Gasteiger partial charge in [0.25, 0.3) is 11.4 Å². The maximum Gasteiger partial charge on any atom is 0.269 e. The van der Waals surface area contributed by atoms with E-state index in [1.165, 1.54) is 121 Å². The second-order valence-electron chi connectivity index (χ2n) is 21.7. The molecule has 4 aliphatic rings. The second kappa shape index (κ2) is 36.1. The minimum Gasteiger partial charge on any atom is -0.494 e. The van der Waals surface area contributed by atoms with Crippen LogP contribution in [0.25, 0.3) is 0 Å². The average molecular weight is 1090 g/mol. The van der Waals surface area contributed by atoms with Crippen LogP contribution in [0.1, 0.15) is 142 Å². The number of hydrogen-bond donors (Lipinski definition) is 0. The number of hydrogen-bond acceptors (Lipinski definition) is 14. The monoisotopic (exact) mass is 1090 g/mol. The fourth-order valence-corrected chi connectivity index (χ4v) is 10.6. The van der Waals surface area contributed by atoms with Gasteiger partial charge in [0, 0.05) is 74.6 Å². The fourth-order valence-electron chi connectivity index (χ4n) is 10.6. The van der Waals surface area contributed by atoms with Crippen molar-refractivity contribution in [1.29, 1.82) is 10.5 Å². The van der Waals surface area contributed by atoms with Gasteiger partial charge in [-0.25, -0.2) is 0 Å². The maximum absolute atomic E-state index is 10.5. The highest BCUT2D eigenvalue weighted by Gasteiger charge is 2.24. The van der Waals surface area contributed by atoms with Crippen LogP contribution in [0.4, 0.5) is 11.4 Å². The van der Waals surface area contributed by atoms with Gasteiger partial charge in [0.15, 0.2) is 0 Å². The van der Waals surface area contributed by atoms with Gasteiger partial charge in [0.2, 0.25) is 0 Å². The van der Waals surface area contributed by atoms with Gasteiger partial charge >= 0.3 is 0 Å². The molecule has 4 fully saturated rings. The molecule has 16 heteroatoms. The number of ether oxygens (including phenoxy) is 4. The number of rotatable bonds is 22. The molecule has 4 unspecified atom stereocenters. The molecule has 16 nitrogen and oxygen atoms in total. The molecule has 0 bridgehead atoms. The van der Waals surface area contributed by atoms with E-state index in [0.717, 1.165) is 88.5 Å². The van der Waals surface area contributed by atoms with E-state index in [1.54, 1.807) is 48.5 Å². The van der Waals surface area contributed by atoms with Crippen LogP contribution in [0.5, 0.6) is 23.0 Å². The molecular weight excluding hydrogens is 997 g/mol. The molecule has 4 atom stereocenters. The zero-order valence-corrected chi connectivity index (χ0v) is 48.1. The average Bonchev–Trinajstić information content (AvgIpc) is 3.46. The molecule has 8 rings (SSSR count). The van der Waals surface area contributed by atoms with Crippen molar-refractivity contribution < 1.29 is 28.8 Å². The minimum absolute atomic E-state index is 0.0968. The van der Waals surface area contributed by atoms with Gasteiger partial charge in [0.05, 0.1) is 59.5 Å². The van der Waals surface area contributed by atoms with Crippen LogP contribution < -0.4 is 18.9 Å². The summed E-state index contributed by atoms with van der Waals surface area (Å²) in [4.78, 5) is 30.4. The fraction of sp³-hybridized carbons (Fsp3) is 0.587. The zero-order chi connectivity index (χ0) is 56.6. The van der Waals surface area contributed by atoms with E-state index in [1.807, 2.05) is 24.3 Å². The molecule has 4 saturated heterocycles. The Morgan fingerprint density at radius 2 is 0.785 bits per heavy atom. The summed E-state index contributed by atoms with van der Waals surface area (Å²) in [5.41, 5.74) is 1.54. The Morgan fingerprint density at radius 1 is 0.443 bits per heavy atom. The molecule has 4 heterocycles. The van der Waals surface area contributed by atoms with Crippen LogP contribution in [-0.2, 0) is 0 Å². The van der Waals surface area contributed by atoms with Crippen LogP contribution in [0, 0.1) is 48.8 Å². The molecule has 79 heavy (non-hydrogen) atoms. The van der Waals surface area contributed by atoms with Crippen molar-refractivity contribution in [3.8, 4) is 35.1 Å². The molecule has 4 aliphatic heterocycles. The zero-order valence-electron chi connectivity index (χ0n) is 48.1. The van der Waals surface area contributed by atoms with Crippen molar-refractivity contribution in [2.75, 3.05) is 78.8 Å². The van der Waals surface area contributed by atoms with Crippen LogP contribution in [0.15, 0.2) is 97.1 Å². The van der Waals surface area contributed by atoms with Gasteiger partial charge in [0.1, 0.15) is 23.0 Å². The van der Waals surface area contributed by atoms with Crippen molar-refractivity contribution in [2.24, 2.45) is 5.92 Å². The Labute approximate surface area is 471 Å². The Balaban J connectivity index is 0.000000194. The first-order valence-corrected chi connectivity index (χ1v) is 29.3. The lowest BCUT2D eigenvalue weighted by Gasteiger charge is -2.39. The van der Waals surface area contributed by atoms with Gasteiger partial charge in [-0.1, -0.05) is 26.2 Å². The lowest BCUT2D eigenvalue weighted by molar-refractivity contribution is -0.385. The third kappa shape index (κ3) is 24.3. The highest BCUT2D eigenvalue weighted by atomic mass is 16.6. The summed E-state index contributed by atoms with van der Waals surface area (Å²) in [5.74, 6) is 3.96. The maximum atomic E-state index is 10.5. The Morgan fingerprint density at radius 3 is 1.14 bits per heavy atom. The van der Waals surface area contributed by atoms with Crippen LogP contribution in [0.3, 0.4) is 0 Å². The van der Waals surface area contributed by atoms with Crippen LogP contribution in [0.2, 0.25) is 0 Å². The van der Waals surface area contributed by atoms with Gasteiger partial charge < -0.3 is 33.6 Å². The summed E-state index contributed by atoms with van der Waals surface area (Å²) in [7, 11) is 0. The van der Waals surface area contributed by atoms with Crippen molar-refractivity contribution in [2.45, 2.75) is 155 Å². The smallest absolute Gasteiger partial charge is 0.269 e. The molecule has 0 aromatic heterocycles. The quantitative estimate of drug-likeness (QED) is 0.0411. The molecule has 0 amide bonds. The van der Waals surface area contributed by atoms with Crippen molar-refractivity contribution in [3.05, 3.63) is 128 Å². The van der Waals surface area contributed by atoms with Gasteiger partial charge in [-0.3, -0.25) is 25.1 Å². The first kappa shape index (κ1) is 63.5. The van der Waals surface area contributed by atoms with E-state index in [4.69, 9.17) is 29.5 Å². The van der Waals surface area contributed by atoms with Gasteiger partial charge in [-0.15, -0.1) is 0 Å². The molecule has 0 spiro atoms. The van der Waals surface area contributed by atoms with E-state index in [0.29, 0.717) is 54.0 Å². The number of nitro benzene ring substituents is 2. The first-order valence-electron chi connectivity index (χ1n) is 29.3. The number of likely N-dealkylation sites (tertiary alicyclic amines) is 4. The third-order valence-electron chi connectivity index (χ3n) is 15.6. The number of nitro groups is 2. The Bertz CT molecular complexity index is 2400. The summed E-state index contributed by atoms with van der Waals surface area (Å²) >= 11 is 0. The van der Waals surface area contributed by atoms with Crippen LogP contribution >= 0.6 is 0 Å². The standard InChI is InChI=1S/C17H24N2O.C16H22N2O.2C15H22N2O3/c1-14-5-3-6-15(2)19(14)11-4-12-20-17-9-7-16(13-18)8-10-17;1-14-5-2-3-10-18(14)11-4-12-19-16-8-6-15(13-17)7-9-16;1-13-7-10-16(11-8-13)9-2-12-20-15-5-3-14(4-6-15)17(18)19;1-13-5-2-3-10-16(13)11-4-12-20-15-8-6-14(7-9-15)17(18)19/h7-10,14-15H,3-6,11-12H2,1-2H3;6-9,14H,2-5,10-12H2,1H3;3-6,13H,2,7-12H2,1H3;6-9,13H,2-5,10-12H2,1H3. The summed E-state index contributed by atoms with van der Waals surface area (Å²) < 4.78 is 22.6. The highest BCUT2D eigenvalue weighted by Crippen LogP contribution is 2.24. The summed E-state index contributed by atoms with van der Waals surface area (Å²) in [5, 5.41) is 38.5. The predicted octanol–water partition coefficient (Wildman–Crippen LogP) is 13.1. The lowest BCUT2D eigenvalue weighted by Crippen LogP contribution is -2.44. The molecule has 4 aromatic rings. The summed E-state index contributed by atoms with van der Waals surface area (Å²) in [6, 6.07) is 34.2. The molecular formula is C63H90N8O8. The number of non-ortho nitro benzene ring substituents is 2. The van der Waals surface area contributed by atoms with Gasteiger partial charge in [-0.2, -0.15) is 10.5 Å². The van der Waals surface area contributed by atoms with Gasteiger partial charge in [-0.05, 0) is 210 Å². The Hall–Kier alpha value is -6.30. The number of nitrogens with zero attached hydrogens (tertiary/aromatic N) is 8. The number of benzene rings is 4. The third-order valence-corrected chi connectivity index (χ3v) is 15.6. The summed E-state index contributed by atoms with van der Waals surface area (Å²) in [6.45, 7) is 23.6.